The van der Waals surface area contributed by atoms with Crippen molar-refractivity contribution in [1.82, 2.24) is 9.97 Å². The molecule has 0 fully saturated rings. The topological polar surface area (TPSA) is 42.9 Å². The number of carbonyl (C=O) groups is 1. The predicted molar refractivity (Wildman–Crippen MR) is 103 cm³/mol. The van der Waals surface area contributed by atoms with Crippen LogP contribution in [0.25, 0.3) is 22.5 Å². The molecule has 0 saturated carbocycles. The molecular weight excluding hydrogens is 358 g/mol. The first-order chi connectivity index (χ1) is 13.6. The van der Waals surface area contributed by atoms with Crippen LogP contribution in [-0.4, -0.2) is 15.8 Å². The van der Waals surface area contributed by atoms with Gasteiger partial charge in [-0.15, -0.1) is 0 Å². The van der Waals surface area contributed by atoms with E-state index in [0.717, 1.165) is 0 Å². The van der Waals surface area contributed by atoms with Crippen molar-refractivity contribution >= 4 is 5.78 Å². The molecule has 0 aliphatic rings. The largest absolute Gasteiger partial charge is 0.289 e. The number of benzene rings is 2. The first-order valence-electron chi connectivity index (χ1n) is 8.60. The van der Waals surface area contributed by atoms with Gasteiger partial charge in [0, 0.05) is 34.6 Å². The van der Waals surface area contributed by atoms with Gasteiger partial charge in [0.1, 0.15) is 11.6 Å². The lowest BCUT2D eigenvalue weighted by molar-refractivity contribution is 0.103. The molecule has 0 aliphatic heterocycles. The van der Waals surface area contributed by atoms with Crippen molar-refractivity contribution in [1.29, 1.82) is 0 Å². The first-order valence-corrected chi connectivity index (χ1v) is 8.60. The lowest BCUT2D eigenvalue weighted by atomic mass is 10.0. The number of pyridine rings is 2. The van der Waals surface area contributed by atoms with Crippen molar-refractivity contribution in [2.45, 2.75) is 0 Å². The summed E-state index contributed by atoms with van der Waals surface area (Å²) in [5.74, 6) is -1.10. The first kappa shape index (κ1) is 17.7. The third-order valence-electron chi connectivity index (χ3n) is 4.34. The second-order valence-electron chi connectivity index (χ2n) is 6.15. The molecule has 0 aliphatic carbocycles. The van der Waals surface area contributed by atoms with Crippen molar-refractivity contribution in [3.05, 3.63) is 108 Å². The molecule has 0 radical (unpaired) electrons. The molecule has 2 heterocycles. The number of rotatable bonds is 4. The summed E-state index contributed by atoms with van der Waals surface area (Å²) < 4.78 is 28.1. The van der Waals surface area contributed by atoms with Crippen LogP contribution < -0.4 is 0 Å². The molecule has 136 valence electrons. The Labute approximate surface area is 160 Å². The molecule has 2 aromatic carbocycles. The van der Waals surface area contributed by atoms with E-state index in [1.807, 2.05) is 0 Å². The Morgan fingerprint density at radius 3 is 1.50 bits per heavy atom. The molecule has 3 nitrogen and oxygen atoms in total. The Bertz CT molecular complexity index is 1080. The smallest absolute Gasteiger partial charge is 0.193 e. The fourth-order valence-corrected chi connectivity index (χ4v) is 2.94. The molecule has 0 amide bonds. The minimum atomic E-state index is -0.412. The van der Waals surface area contributed by atoms with E-state index in [2.05, 4.69) is 9.97 Å². The monoisotopic (exact) mass is 372 g/mol. The molecule has 0 atom stereocenters. The van der Waals surface area contributed by atoms with Crippen LogP contribution in [0.2, 0.25) is 0 Å². The fourth-order valence-electron chi connectivity index (χ4n) is 2.94. The van der Waals surface area contributed by atoms with Crippen LogP contribution in [0.5, 0.6) is 0 Å². The van der Waals surface area contributed by atoms with Crippen LogP contribution >= 0.6 is 0 Å². The van der Waals surface area contributed by atoms with Gasteiger partial charge in [0.25, 0.3) is 0 Å². The van der Waals surface area contributed by atoms with E-state index in [1.165, 1.54) is 24.5 Å². The molecule has 28 heavy (non-hydrogen) atoms. The van der Waals surface area contributed by atoms with E-state index in [-0.39, 0.29) is 5.78 Å². The van der Waals surface area contributed by atoms with E-state index < -0.39 is 11.6 Å². The number of carbonyl (C=O) groups excluding carboxylic acids is 1. The lowest BCUT2D eigenvalue weighted by Crippen LogP contribution is -2.03. The number of halogens is 2. The highest BCUT2D eigenvalue weighted by Crippen LogP contribution is 2.24. The zero-order valence-electron chi connectivity index (χ0n) is 14.6. The summed E-state index contributed by atoms with van der Waals surface area (Å²) in [4.78, 5) is 21.3. The molecule has 5 heteroatoms. The summed E-state index contributed by atoms with van der Waals surface area (Å²) in [5, 5.41) is 0. The van der Waals surface area contributed by atoms with Crippen molar-refractivity contribution in [3.63, 3.8) is 0 Å². The van der Waals surface area contributed by atoms with Crippen LogP contribution in [-0.2, 0) is 0 Å². The van der Waals surface area contributed by atoms with Gasteiger partial charge in [0.05, 0.1) is 11.4 Å². The molecule has 0 spiro atoms. The number of nitrogens with zero attached hydrogens (tertiary/aromatic N) is 2. The van der Waals surface area contributed by atoms with Crippen LogP contribution in [0.15, 0.2) is 85.2 Å². The Morgan fingerprint density at radius 1 is 0.643 bits per heavy atom. The highest BCUT2D eigenvalue weighted by Gasteiger charge is 2.14. The molecule has 2 aromatic heterocycles. The quantitative estimate of drug-likeness (QED) is 0.455. The summed E-state index contributed by atoms with van der Waals surface area (Å²) >= 11 is 0. The molecule has 0 N–H and O–H groups in total. The minimum absolute atomic E-state index is 0.278. The van der Waals surface area contributed by atoms with E-state index >= 15 is 0 Å². The number of aromatic nitrogens is 2. The van der Waals surface area contributed by atoms with Gasteiger partial charge < -0.3 is 0 Å². The second-order valence-corrected chi connectivity index (χ2v) is 6.15. The van der Waals surface area contributed by atoms with Gasteiger partial charge in [-0.3, -0.25) is 14.8 Å². The molecule has 0 unspecified atom stereocenters. The van der Waals surface area contributed by atoms with Crippen LogP contribution in [0, 0.1) is 11.6 Å². The van der Waals surface area contributed by atoms with E-state index in [4.69, 9.17) is 0 Å². The standard InChI is InChI=1S/C23H14F2N2O/c24-19-7-3-1-5-17(19)21-13-15(9-11-26-21)23(28)16-10-12-27-22(14-16)18-6-2-4-8-20(18)25/h1-14H. The number of hydrogen-bond donors (Lipinski definition) is 0. The predicted octanol–water partition coefficient (Wildman–Crippen LogP) is 5.32. The lowest BCUT2D eigenvalue weighted by Gasteiger charge is -2.07. The van der Waals surface area contributed by atoms with Gasteiger partial charge in [0.15, 0.2) is 5.78 Å². The average Bonchev–Trinajstić information content (AvgIpc) is 2.74. The average molecular weight is 372 g/mol. The Hall–Kier alpha value is -3.73. The normalized spacial score (nSPS) is 10.6. The van der Waals surface area contributed by atoms with Gasteiger partial charge in [0.2, 0.25) is 0 Å². The van der Waals surface area contributed by atoms with Crippen LogP contribution in [0.4, 0.5) is 8.78 Å². The highest BCUT2D eigenvalue weighted by atomic mass is 19.1. The van der Waals surface area contributed by atoms with Gasteiger partial charge in [-0.05, 0) is 48.5 Å². The summed E-state index contributed by atoms with van der Waals surface area (Å²) in [7, 11) is 0. The Kier molecular flexibility index (Phi) is 4.72. The third kappa shape index (κ3) is 3.42. The zero-order chi connectivity index (χ0) is 19.5. The highest BCUT2D eigenvalue weighted by molar-refractivity contribution is 6.09. The van der Waals surface area contributed by atoms with E-state index in [9.17, 15) is 13.6 Å². The third-order valence-corrected chi connectivity index (χ3v) is 4.34. The maximum Gasteiger partial charge on any atom is 0.193 e. The van der Waals surface area contributed by atoms with Crippen molar-refractivity contribution in [3.8, 4) is 22.5 Å². The number of ketones is 1. The fraction of sp³-hybridized carbons (Fsp3) is 0. The minimum Gasteiger partial charge on any atom is -0.289 e. The number of hydrogen-bond acceptors (Lipinski definition) is 3. The molecule has 0 bridgehead atoms. The summed E-state index contributed by atoms with van der Waals surface area (Å²) in [6, 6.07) is 18.7. The summed E-state index contributed by atoms with van der Waals surface area (Å²) in [6.45, 7) is 0. The molecular formula is C23H14F2N2O. The Morgan fingerprint density at radius 2 is 1.07 bits per heavy atom. The zero-order valence-corrected chi connectivity index (χ0v) is 14.6. The summed E-state index contributed by atoms with van der Waals surface area (Å²) in [5.41, 5.74) is 2.09. The van der Waals surface area contributed by atoms with Gasteiger partial charge in [-0.25, -0.2) is 8.78 Å². The van der Waals surface area contributed by atoms with E-state index in [0.29, 0.717) is 33.6 Å². The van der Waals surface area contributed by atoms with Gasteiger partial charge in [-0.1, -0.05) is 24.3 Å². The summed E-state index contributed by atoms with van der Waals surface area (Å²) in [6.07, 6.45) is 2.93. The van der Waals surface area contributed by atoms with Crippen molar-refractivity contribution < 1.29 is 13.6 Å². The van der Waals surface area contributed by atoms with Crippen molar-refractivity contribution in [2.24, 2.45) is 0 Å². The maximum absolute atomic E-state index is 14.0. The van der Waals surface area contributed by atoms with Crippen LogP contribution in [0.3, 0.4) is 0 Å². The SMILES string of the molecule is O=C(c1ccnc(-c2ccccc2F)c1)c1ccnc(-c2ccccc2F)c1. The Balaban J connectivity index is 1.71. The second kappa shape index (κ2) is 7.48. The van der Waals surface area contributed by atoms with Crippen molar-refractivity contribution in [2.75, 3.05) is 0 Å². The van der Waals surface area contributed by atoms with E-state index in [1.54, 1.807) is 60.7 Å². The maximum atomic E-state index is 14.0. The molecule has 4 rings (SSSR count). The molecule has 4 aromatic rings. The van der Waals surface area contributed by atoms with Gasteiger partial charge in [-0.2, -0.15) is 0 Å². The van der Waals surface area contributed by atoms with Crippen LogP contribution in [0.1, 0.15) is 15.9 Å². The van der Waals surface area contributed by atoms with Gasteiger partial charge >= 0.3 is 0 Å². The molecule has 0 saturated heterocycles.